The van der Waals surface area contributed by atoms with E-state index in [9.17, 15) is 37.5 Å². The maximum atomic E-state index is 14.1. The van der Waals surface area contributed by atoms with Gasteiger partial charge in [-0.1, -0.05) is 37.1 Å². The Bertz CT molecular complexity index is 1540. The van der Waals surface area contributed by atoms with Gasteiger partial charge in [-0.15, -0.1) is 10.2 Å². The van der Waals surface area contributed by atoms with Gasteiger partial charge in [-0.2, -0.15) is 18.0 Å². The number of amides is 3. The first-order valence-electron chi connectivity index (χ1n) is 15.6. The number of rotatable bonds is 4. The van der Waals surface area contributed by atoms with Crippen LogP contribution in [0, 0.1) is 5.92 Å². The molecular formula is C31H38F3N7O6. The highest BCUT2D eigenvalue weighted by atomic mass is 19.4. The summed E-state index contributed by atoms with van der Waals surface area (Å²) in [5.74, 6) is -2.76. The second-order valence-corrected chi connectivity index (χ2v) is 13.2. The van der Waals surface area contributed by atoms with Gasteiger partial charge in [-0.05, 0) is 63.8 Å². The minimum atomic E-state index is -4.51. The molecule has 2 aliphatic heterocycles. The lowest BCUT2D eigenvalue weighted by Crippen LogP contribution is -2.56. The molecule has 1 aromatic heterocycles. The average molecular weight is 662 g/mol. The third-order valence-corrected chi connectivity index (χ3v) is 8.55. The van der Waals surface area contributed by atoms with Crippen molar-refractivity contribution in [2.45, 2.75) is 101 Å². The van der Waals surface area contributed by atoms with Gasteiger partial charge in [0.1, 0.15) is 23.2 Å². The lowest BCUT2D eigenvalue weighted by Gasteiger charge is -2.30. The number of aromatic nitrogens is 4. The number of hydrogen-bond acceptors (Lipinski definition) is 8. The number of ether oxygens (including phenoxy) is 1. The Morgan fingerprint density at radius 3 is 2.49 bits per heavy atom. The quantitative estimate of drug-likeness (QED) is 0.412. The van der Waals surface area contributed by atoms with Crippen molar-refractivity contribution in [3.63, 3.8) is 0 Å². The first kappa shape index (κ1) is 33.9. The highest BCUT2D eigenvalue weighted by Crippen LogP contribution is 2.45. The van der Waals surface area contributed by atoms with Gasteiger partial charge in [-0.3, -0.25) is 9.59 Å². The Morgan fingerprint density at radius 1 is 1.11 bits per heavy atom. The fourth-order valence-corrected chi connectivity index (χ4v) is 6.00. The predicted molar refractivity (Wildman–Crippen MR) is 159 cm³/mol. The summed E-state index contributed by atoms with van der Waals surface area (Å²) in [6, 6.07) is 1.39. The summed E-state index contributed by atoms with van der Waals surface area (Å²) in [7, 11) is 0. The van der Waals surface area contributed by atoms with Crippen LogP contribution in [0.1, 0.15) is 77.3 Å². The Balaban J connectivity index is 1.43. The van der Waals surface area contributed by atoms with E-state index in [0.717, 1.165) is 25.0 Å². The van der Waals surface area contributed by atoms with Crippen LogP contribution in [-0.4, -0.2) is 83.9 Å². The highest BCUT2D eigenvalue weighted by Gasteiger charge is 2.61. The van der Waals surface area contributed by atoms with Crippen LogP contribution in [0.2, 0.25) is 0 Å². The van der Waals surface area contributed by atoms with Gasteiger partial charge < -0.3 is 25.4 Å². The van der Waals surface area contributed by atoms with E-state index in [1.165, 1.54) is 21.8 Å². The van der Waals surface area contributed by atoms with Gasteiger partial charge in [-0.25, -0.2) is 9.59 Å². The van der Waals surface area contributed by atoms with Crippen molar-refractivity contribution in [1.29, 1.82) is 0 Å². The van der Waals surface area contributed by atoms with Gasteiger partial charge >= 0.3 is 18.2 Å². The standard InChI is InChI=1S/C31H38F3N7O6/c1-29(2,3)47-28(46)35-22-10-8-6-4-5-7-9-20-16-30(20,27(44)45)36-25(42)23-15-21(17-40(23)26(22)43)41-38-24(37-39-41)18-11-13-19(14-12-18)31(32,33)34/h7,9,11-14,20-23H,4-6,8,10,15-17H2,1-3H3,(H,35,46)(H,36,42)(H,44,45)/b9-7-/t20-,21+,22-,23-,30+/m0/s1. The number of nitrogens with one attached hydrogen (secondary N) is 2. The summed E-state index contributed by atoms with van der Waals surface area (Å²) in [6.07, 6.45) is 1.72. The zero-order chi connectivity index (χ0) is 34.1. The molecule has 47 heavy (non-hydrogen) atoms. The van der Waals surface area contributed by atoms with Gasteiger partial charge in [0, 0.05) is 24.4 Å². The molecule has 254 valence electrons. The van der Waals surface area contributed by atoms with Crippen LogP contribution in [0.25, 0.3) is 11.4 Å². The largest absolute Gasteiger partial charge is 0.479 e. The lowest BCUT2D eigenvalue weighted by molar-refractivity contribution is -0.145. The van der Waals surface area contributed by atoms with Crippen LogP contribution in [0.5, 0.6) is 0 Å². The number of fused-ring (bicyclic) bond motifs is 2. The molecule has 3 heterocycles. The zero-order valence-corrected chi connectivity index (χ0v) is 26.3. The number of hydrogen-bond donors (Lipinski definition) is 3. The molecule has 0 spiro atoms. The smallest absolute Gasteiger partial charge is 0.416 e. The number of carboxylic acid groups (broad SMARTS) is 1. The predicted octanol–water partition coefficient (Wildman–Crippen LogP) is 3.87. The molecule has 2 aromatic rings. The molecule has 5 atom stereocenters. The van der Waals surface area contributed by atoms with Crippen LogP contribution in [0.15, 0.2) is 36.4 Å². The zero-order valence-electron chi connectivity index (χ0n) is 26.3. The van der Waals surface area contributed by atoms with Crippen molar-refractivity contribution in [2.24, 2.45) is 5.92 Å². The summed E-state index contributed by atoms with van der Waals surface area (Å²) < 4.78 is 44.5. The molecule has 0 radical (unpaired) electrons. The summed E-state index contributed by atoms with van der Waals surface area (Å²) >= 11 is 0. The normalized spacial score (nSPS) is 27.8. The Morgan fingerprint density at radius 2 is 1.83 bits per heavy atom. The first-order valence-corrected chi connectivity index (χ1v) is 15.6. The van der Waals surface area contributed by atoms with Crippen molar-refractivity contribution >= 4 is 23.9 Å². The fraction of sp³-hybridized carbons (Fsp3) is 0.581. The Labute approximate surface area is 268 Å². The van der Waals surface area contributed by atoms with Crippen LogP contribution < -0.4 is 10.6 Å². The number of benzene rings is 1. The van der Waals surface area contributed by atoms with Crippen molar-refractivity contribution in [3.05, 3.63) is 42.0 Å². The molecule has 1 aliphatic carbocycles. The number of carboxylic acids is 1. The summed E-state index contributed by atoms with van der Waals surface area (Å²) in [5, 5.41) is 27.8. The third kappa shape index (κ3) is 7.73. The fourth-order valence-electron chi connectivity index (χ4n) is 6.00. The number of carbonyl (C=O) groups is 4. The highest BCUT2D eigenvalue weighted by molar-refractivity contribution is 5.96. The van der Waals surface area contributed by atoms with Crippen LogP contribution in [-0.2, 0) is 25.3 Å². The molecular weight excluding hydrogens is 623 g/mol. The SMILES string of the molecule is CC(C)(C)OC(=O)N[C@H]1CCCCC/C=C\[C@H]2C[C@@]2(C(=O)O)NC(=O)[C@@H]2C[C@@H](n3nnc(-c4ccc(C(F)(F)F)cc4)n3)CN2C1=O. The molecule has 1 saturated heterocycles. The first-order chi connectivity index (χ1) is 22.1. The van der Waals surface area contributed by atoms with E-state index in [0.29, 0.717) is 12.8 Å². The van der Waals surface area contributed by atoms with E-state index in [2.05, 4.69) is 26.0 Å². The molecule has 3 amide bonds. The number of carbonyl (C=O) groups excluding carboxylic acids is 3. The number of alkyl halides is 3. The van der Waals surface area contributed by atoms with Gasteiger partial charge in [0.25, 0.3) is 0 Å². The van der Waals surface area contributed by atoms with E-state index < -0.39 is 70.8 Å². The molecule has 16 heteroatoms. The van der Waals surface area contributed by atoms with Crippen molar-refractivity contribution in [1.82, 2.24) is 35.7 Å². The number of alkyl carbamates (subject to hydrolysis) is 1. The van der Waals surface area contributed by atoms with E-state index in [4.69, 9.17) is 4.74 Å². The monoisotopic (exact) mass is 661 g/mol. The van der Waals surface area contributed by atoms with Gasteiger partial charge in [0.2, 0.25) is 17.6 Å². The topological polar surface area (TPSA) is 169 Å². The van der Waals surface area contributed by atoms with Crippen molar-refractivity contribution in [2.75, 3.05) is 6.54 Å². The van der Waals surface area contributed by atoms with E-state index in [1.807, 2.05) is 12.2 Å². The summed E-state index contributed by atoms with van der Waals surface area (Å²) in [5.41, 5.74) is -2.88. The van der Waals surface area contributed by atoms with Gasteiger partial charge in [0.05, 0.1) is 11.6 Å². The minimum absolute atomic E-state index is 0.00422. The summed E-state index contributed by atoms with van der Waals surface area (Å²) in [6.45, 7) is 5.00. The lowest BCUT2D eigenvalue weighted by atomic mass is 10.0. The second kappa shape index (κ2) is 13.0. The van der Waals surface area contributed by atoms with E-state index >= 15 is 0 Å². The molecule has 3 N–H and O–H groups in total. The number of allylic oxidation sites excluding steroid dienone is 1. The van der Waals surface area contributed by atoms with Crippen LogP contribution >= 0.6 is 0 Å². The number of tetrazole rings is 1. The molecule has 13 nitrogen and oxygen atoms in total. The number of nitrogens with zero attached hydrogens (tertiary/aromatic N) is 5. The van der Waals surface area contributed by atoms with Gasteiger partial charge in [0.15, 0.2) is 0 Å². The minimum Gasteiger partial charge on any atom is -0.479 e. The number of aliphatic carboxylic acids is 1. The molecule has 2 fully saturated rings. The summed E-state index contributed by atoms with van der Waals surface area (Å²) in [4.78, 5) is 55.5. The van der Waals surface area contributed by atoms with Crippen molar-refractivity contribution in [3.8, 4) is 11.4 Å². The number of halogens is 3. The van der Waals surface area contributed by atoms with E-state index in [-0.39, 0.29) is 37.2 Å². The molecule has 1 saturated carbocycles. The Kier molecular flexibility index (Phi) is 9.33. The Hall–Kier alpha value is -4.50. The molecule has 3 aliphatic rings. The third-order valence-electron chi connectivity index (χ3n) is 8.55. The average Bonchev–Trinajstić information content (AvgIpc) is 3.31. The van der Waals surface area contributed by atoms with Crippen LogP contribution in [0.4, 0.5) is 18.0 Å². The molecule has 0 bridgehead atoms. The van der Waals surface area contributed by atoms with Crippen molar-refractivity contribution < 1.29 is 42.2 Å². The maximum Gasteiger partial charge on any atom is 0.416 e. The maximum absolute atomic E-state index is 14.1. The van der Waals surface area contributed by atoms with E-state index in [1.54, 1.807) is 20.8 Å². The molecule has 0 unspecified atom stereocenters. The van der Waals surface area contributed by atoms with Crippen LogP contribution in [0.3, 0.4) is 0 Å². The molecule has 1 aromatic carbocycles. The molecule has 5 rings (SSSR count). The second-order valence-electron chi connectivity index (χ2n) is 13.2.